The number of fused-ring (bicyclic) bond motifs is 2. The number of benzene rings is 6. The summed E-state index contributed by atoms with van der Waals surface area (Å²) in [5, 5.41) is 0. The van der Waals surface area contributed by atoms with Crippen LogP contribution in [0.3, 0.4) is 0 Å². The van der Waals surface area contributed by atoms with Crippen LogP contribution in [0, 0.1) is 13.8 Å². The van der Waals surface area contributed by atoms with Gasteiger partial charge in [0.15, 0.2) is 23.0 Å². The Hall–Kier alpha value is -7.38. The Morgan fingerprint density at radius 2 is 0.854 bits per heavy atom. The molecular formula is C64H74N4O12S2. The van der Waals surface area contributed by atoms with Gasteiger partial charge in [-0.15, -0.1) is 0 Å². The van der Waals surface area contributed by atoms with E-state index in [1.807, 2.05) is 74.5 Å². The number of carbonyl (C=O) groups is 4. The highest BCUT2D eigenvalue weighted by Gasteiger charge is 2.56. The maximum absolute atomic E-state index is 14.8. The molecule has 0 saturated carbocycles. The molecule has 16 nitrogen and oxygen atoms in total. The molecule has 6 aromatic carbocycles. The molecule has 2 heterocycles. The number of esters is 2. The molecule has 82 heavy (non-hydrogen) atoms. The molecule has 0 N–H and O–H groups in total. The highest BCUT2D eigenvalue weighted by atomic mass is 32.2. The van der Waals surface area contributed by atoms with Crippen LogP contribution in [0.1, 0.15) is 59.1 Å². The predicted octanol–water partition coefficient (Wildman–Crippen LogP) is 10.6. The van der Waals surface area contributed by atoms with Gasteiger partial charge in [-0.3, -0.25) is 9.59 Å². The molecule has 0 radical (unpaired) electrons. The molecule has 0 aromatic heterocycles. The molecule has 8 rings (SSSR count). The normalized spacial score (nSPS) is 16.6. The number of methoxy groups -OCH3 is 4. The van der Waals surface area contributed by atoms with E-state index >= 15 is 0 Å². The summed E-state index contributed by atoms with van der Waals surface area (Å²) in [6.07, 6.45) is 5.14. The summed E-state index contributed by atoms with van der Waals surface area (Å²) in [6, 6.07) is 36.7. The van der Waals surface area contributed by atoms with Gasteiger partial charge in [0.25, 0.3) is 21.7 Å². The molecule has 2 unspecified atom stereocenters. The number of hydrogen-bond acceptors (Lipinski definition) is 16. The van der Waals surface area contributed by atoms with Gasteiger partial charge in [-0.1, -0.05) is 47.8 Å². The average Bonchev–Trinajstić information content (AvgIpc) is 1.59. The quantitative estimate of drug-likeness (QED) is 0.0287. The smallest absolute Gasteiger partial charge is 0.419 e. The van der Waals surface area contributed by atoms with Gasteiger partial charge >= 0.3 is 11.9 Å². The van der Waals surface area contributed by atoms with E-state index in [2.05, 4.69) is 36.0 Å². The molecular weight excluding hydrogens is 1080 g/mol. The van der Waals surface area contributed by atoms with Crippen molar-refractivity contribution in [3.05, 3.63) is 155 Å². The van der Waals surface area contributed by atoms with Crippen molar-refractivity contribution < 1.29 is 57.1 Å². The lowest BCUT2D eigenvalue weighted by Crippen LogP contribution is -2.52. The van der Waals surface area contributed by atoms with Gasteiger partial charge in [0, 0.05) is 48.1 Å². The number of nitrogens with zero attached hydrogens (tertiary/aromatic N) is 4. The summed E-state index contributed by atoms with van der Waals surface area (Å²) >= 11 is 2.03. The largest absolute Gasteiger partial charge is 0.494 e. The number of anilines is 2. The Kier molecular flexibility index (Phi) is 20.4. The Morgan fingerprint density at radius 1 is 0.476 bits per heavy atom. The van der Waals surface area contributed by atoms with Gasteiger partial charge in [0.2, 0.25) is 0 Å². The highest BCUT2D eigenvalue weighted by Crippen LogP contribution is 2.54. The van der Waals surface area contributed by atoms with Gasteiger partial charge in [-0.2, -0.15) is 0 Å². The van der Waals surface area contributed by atoms with Crippen molar-refractivity contribution in [2.45, 2.75) is 72.0 Å². The number of unbranched alkanes of at least 4 members (excludes halogenated alkanes) is 2. The van der Waals surface area contributed by atoms with Gasteiger partial charge in [-0.25, -0.2) is 9.59 Å². The zero-order valence-electron chi connectivity index (χ0n) is 48.5. The van der Waals surface area contributed by atoms with E-state index in [0.29, 0.717) is 80.0 Å². The van der Waals surface area contributed by atoms with Gasteiger partial charge in [0.1, 0.15) is 11.5 Å². The maximum Gasteiger partial charge on any atom is 0.419 e. The molecule has 0 bridgehead atoms. The van der Waals surface area contributed by atoms with Gasteiger partial charge < -0.3 is 57.5 Å². The molecule has 0 aliphatic carbocycles. The van der Waals surface area contributed by atoms with Crippen LogP contribution in [0.15, 0.2) is 131 Å². The van der Waals surface area contributed by atoms with Crippen molar-refractivity contribution in [1.29, 1.82) is 0 Å². The van der Waals surface area contributed by atoms with Crippen molar-refractivity contribution >= 4 is 58.7 Å². The second-order valence-corrected chi connectivity index (χ2v) is 23.0. The van der Waals surface area contributed by atoms with E-state index in [9.17, 15) is 19.2 Å². The van der Waals surface area contributed by atoms with Crippen LogP contribution in [0.5, 0.6) is 34.5 Å². The summed E-state index contributed by atoms with van der Waals surface area (Å²) in [5.41, 5.74) is 5.96. The minimum absolute atomic E-state index is 0.293. The van der Waals surface area contributed by atoms with Crippen molar-refractivity contribution in [3.63, 3.8) is 0 Å². The van der Waals surface area contributed by atoms with Crippen LogP contribution in [0.25, 0.3) is 0 Å². The van der Waals surface area contributed by atoms with Crippen LogP contribution in [-0.2, 0) is 51.4 Å². The fourth-order valence-electron chi connectivity index (χ4n) is 9.80. The van der Waals surface area contributed by atoms with E-state index in [-0.39, 0.29) is 0 Å². The third-order valence-electron chi connectivity index (χ3n) is 14.6. The molecule has 2 aliphatic heterocycles. The monoisotopic (exact) mass is 1150 g/mol. The van der Waals surface area contributed by atoms with Gasteiger partial charge in [0.05, 0.1) is 53.0 Å². The Morgan fingerprint density at radius 3 is 1.22 bits per heavy atom. The van der Waals surface area contributed by atoms with Crippen LogP contribution in [0.4, 0.5) is 11.4 Å². The number of carbonyl (C=O) groups excluding carboxylic acids is 4. The van der Waals surface area contributed by atoms with E-state index in [1.165, 1.54) is 9.80 Å². The number of amides is 2. The summed E-state index contributed by atoms with van der Waals surface area (Å²) < 4.78 is 46.4. The second kappa shape index (κ2) is 27.6. The summed E-state index contributed by atoms with van der Waals surface area (Å²) in [4.78, 5) is 63.2. The number of likely N-dealkylation sites (N-methyl/N-ethyl adjacent to an activating group) is 4. The third kappa shape index (κ3) is 14.1. The molecule has 0 fully saturated rings. The summed E-state index contributed by atoms with van der Waals surface area (Å²) in [5.74, 6) is -0.188. The summed E-state index contributed by atoms with van der Waals surface area (Å²) in [7, 11) is 13.9. The molecule has 2 aliphatic rings. The third-order valence-corrected chi connectivity index (χ3v) is 17.3. The lowest BCUT2D eigenvalue weighted by Gasteiger charge is -2.41. The van der Waals surface area contributed by atoms with Crippen LogP contribution < -0.4 is 38.2 Å². The number of rotatable bonds is 26. The fourth-order valence-corrected chi connectivity index (χ4v) is 12.7. The van der Waals surface area contributed by atoms with Crippen molar-refractivity contribution in [2.24, 2.45) is 0 Å². The lowest BCUT2D eigenvalue weighted by molar-refractivity contribution is -0.180. The molecule has 0 spiro atoms. The highest BCUT2D eigenvalue weighted by molar-refractivity contribution is 8.01. The van der Waals surface area contributed by atoms with Crippen LogP contribution in [0.2, 0.25) is 0 Å². The van der Waals surface area contributed by atoms with E-state index in [0.717, 1.165) is 110 Å². The lowest BCUT2D eigenvalue weighted by atomic mass is 10.1. The minimum atomic E-state index is -2.08. The van der Waals surface area contributed by atoms with E-state index in [1.54, 1.807) is 91.1 Å². The molecule has 434 valence electrons. The fraction of sp³-hybridized carbons (Fsp3) is 0.375. The summed E-state index contributed by atoms with van der Waals surface area (Å²) in [6.45, 7) is 8.25. The second-order valence-electron chi connectivity index (χ2n) is 20.5. The number of ether oxygens (including phenoxy) is 8. The number of aryl methyl sites for hydroxylation is 2. The van der Waals surface area contributed by atoms with E-state index < -0.39 is 33.6 Å². The van der Waals surface area contributed by atoms with Gasteiger partial charge in [-0.05, 0) is 199 Å². The van der Waals surface area contributed by atoms with Crippen molar-refractivity contribution in [2.75, 3.05) is 106 Å². The topological polar surface area (TPSA) is 155 Å². The zero-order valence-corrected chi connectivity index (χ0v) is 50.2. The molecule has 6 aromatic rings. The SMILES string of the molecule is COc1ccc(CCN(C)CCCCOc2ccc(C3(OC(=O)C(=O)OC4(c5ccc(OCCCCN(C)CCc6ccc(OC)c(OC)c6)cc5)Sc5cc(C)ccc5N(C)C4=O)Sc4cc(C)ccc4N(C)C3=O)cc2)cc1OC. The van der Waals surface area contributed by atoms with Crippen molar-refractivity contribution in [1.82, 2.24) is 9.80 Å². The Labute approximate surface area is 490 Å². The Balaban J connectivity index is 0.934. The number of hydrogen-bond donors (Lipinski definition) is 0. The molecule has 18 heteroatoms. The van der Waals surface area contributed by atoms with E-state index in [4.69, 9.17) is 37.9 Å². The van der Waals surface area contributed by atoms with Crippen LogP contribution >= 0.6 is 23.5 Å². The first-order chi connectivity index (χ1) is 39.5. The van der Waals surface area contributed by atoms with Crippen LogP contribution in [-0.4, -0.2) is 130 Å². The van der Waals surface area contributed by atoms with Crippen molar-refractivity contribution in [3.8, 4) is 34.5 Å². The Bertz CT molecular complexity index is 3000. The standard InChI is InChI=1S/C64H74N4O12S2/c1-43-15-27-51-57(39-43)81-63(61(71)67(51)5,47-19-23-49(24-20-47)77-37-13-11-33-65(3)35-31-45-17-29-53(73-7)55(41-45)75-9)79-59(69)60(70)80-64(62(72)68(6)52-28-16-44(2)40-58(52)82-64)48-21-25-50(26-22-48)78-38-14-12-34-66(4)36-32-46-18-30-54(74-8)56(42-46)76-10/h15-30,39-42H,11-14,31-38H2,1-10H3. The average molecular weight is 1160 g/mol. The molecule has 0 saturated heterocycles. The first-order valence-electron chi connectivity index (χ1n) is 27.4. The zero-order chi connectivity index (χ0) is 58.6. The molecule has 2 amide bonds. The minimum Gasteiger partial charge on any atom is -0.494 e. The first-order valence-corrected chi connectivity index (χ1v) is 29.0. The molecule has 2 atom stereocenters. The number of thioether (sulfide) groups is 2. The first kappa shape index (κ1) is 60.7. The maximum atomic E-state index is 14.8. The predicted molar refractivity (Wildman–Crippen MR) is 320 cm³/mol.